The second kappa shape index (κ2) is 6.38. The van der Waals surface area contributed by atoms with Crippen LogP contribution in [0.5, 0.6) is 11.5 Å². The summed E-state index contributed by atoms with van der Waals surface area (Å²) in [7, 11) is 1.65. The van der Waals surface area contributed by atoms with Crippen LogP contribution in [-0.4, -0.2) is 19.8 Å². The van der Waals surface area contributed by atoms with E-state index in [4.69, 9.17) is 15.2 Å². The summed E-state index contributed by atoms with van der Waals surface area (Å²) in [5, 5.41) is 0. The van der Waals surface area contributed by atoms with E-state index in [1.807, 2.05) is 25.1 Å². The highest BCUT2D eigenvalue weighted by Crippen LogP contribution is 2.27. The quantitative estimate of drug-likeness (QED) is 0.806. The first-order valence-electron chi connectivity index (χ1n) is 5.70. The first-order valence-corrected chi connectivity index (χ1v) is 5.70. The molecule has 0 aliphatic heterocycles. The first-order chi connectivity index (χ1) is 7.67. The van der Waals surface area contributed by atoms with Gasteiger partial charge in [-0.2, -0.15) is 0 Å². The molecular formula is C13H21NO2. The van der Waals surface area contributed by atoms with Crippen molar-refractivity contribution in [3.63, 3.8) is 0 Å². The summed E-state index contributed by atoms with van der Waals surface area (Å²) in [5.74, 6) is 1.57. The number of benzene rings is 1. The van der Waals surface area contributed by atoms with E-state index in [0.29, 0.717) is 6.61 Å². The molecule has 0 spiro atoms. The molecule has 2 N–H and O–H groups in total. The van der Waals surface area contributed by atoms with Crippen molar-refractivity contribution in [2.24, 2.45) is 5.73 Å². The molecule has 3 nitrogen and oxygen atoms in total. The van der Waals surface area contributed by atoms with E-state index < -0.39 is 0 Å². The lowest BCUT2D eigenvalue weighted by atomic mass is 10.2. The van der Waals surface area contributed by atoms with Gasteiger partial charge in [0.25, 0.3) is 0 Å². The summed E-state index contributed by atoms with van der Waals surface area (Å²) >= 11 is 0. The van der Waals surface area contributed by atoms with Crippen molar-refractivity contribution >= 4 is 0 Å². The maximum atomic E-state index is 5.82. The van der Waals surface area contributed by atoms with E-state index in [9.17, 15) is 0 Å². The molecule has 16 heavy (non-hydrogen) atoms. The van der Waals surface area contributed by atoms with Crippen molar-refractivity contribution < 1.29 is 9.47 Å². The van der Waals surface area contributed by atoms with Crippen LogP contribution < -0.4 is 15.2 Å². The molecule has 0 aliphatic carbocycles. The van der Waals surface area contributed by atoms with Crippen molar-refractivity contribution in [3.05, 3.63) is 23.8 Å². The minimum Gasteiger partial charge on any atom is -0.493 e. The fourth-order valence-corrected chi connectivity index (χ4v) is 1.42. The van der Waals surface area contributed by atoms with Gasteiger partial charge < -0.3 is 15.2 Å². The Morgan fingerprint density at radius 1 is 1.31 bits per heavy atom. The van der Waals surface area contributed by atoms with Gasteiger partial charge in [0.05, 0.1) is 13.7 Å². The highest BCUT2D eigenvalue weighted by molar-refractivity contribution is 5.42. The number of nitrogens with two attached hydrogens (primary N) is 1. The molecule has 0 bridgehead atoms. The monoisotopic (exact) mass is 223 g/mol. The van der Waals surface area contributed by atoms with Gasteiger partial charge in [-0.1, -0.05) is 13.0 Å². The molecule has 0 amide bonds. The average molecular weight is 223 g/mol. The average Bonchev–Trinajstić information content (AvgIpc) is 2.30. The first kappa shape index (κ1) is 12.8. The van der Waals surface area contributed by atoms with Crippen molar-refractivity contribution in [2.75, 3.05) is 13.7 Å². The van der Waals surface area contributed by atoms with Crippen LogP contribution >= 0.6 is 0 Å². The molecule has 1 aromatic rings. The Morgan fingerprint density at radius 2 is 2.06 bits per heavy atom. The molecule has 0 heterocycles. The molecule has 90 valence electrons. The van der Waals surface area contributed by atoms with Gasteiger partial charge in [-0.25, -0.2) is 0 Å². The van der Waals surface area contributed by atoms with Crippen LogP contribution in [0.3, 0.4) is 0 Å². The van der Waals surface area contributed by atoms with Crippen LogP contribution in [-0.2, 0) is 0 Å². The Bertz CT molecular complexity index is 326. The van der Waals surface area contributed by atoms with Gasteiger partial charge in [0.1, 0.15) is 0 Å². The molecule has 3 heteroatoms. The number of aryl methyl sites for hydroxylation is 1. The Morgan fingerprint density at radius 3 is 2.69 bits per heavy atom. The summed E-state index contributed by atoms with van der Waals surface area (Å²) in [6.07, 6.45) is 1.85. The highest BCUT2D eigenvalue weighted by atomic mass is 16.5. The highest BCUT2D eigenvalue weighted by Gasteiger charge is 2.05. The zero-order valence-corrected chi connectivity index (χ0v) is 10.3. The smallest absolute Gasteiger partial charge is 0.161 e. The van der Waals surface area contributed by atoms with Crippen LogP contribution in [0.2, 0.25) is 0 Å². The number of hydrogen-bond donors (Lipinski definition) is 1. The number of rotatable bonds is 6. The van der Waals surface area contributed by atoms with Crippen molar-refractivity contribution in [3.8, 4) is 11.5 Å². The molecule has 1 atom stereocenters. The number of hydrogen-bond acceptors (Lipinski definition) is 3. The predicted octanol–water partition coefficient (Wildman–Crippen LogP) is 2.51. The lowest BCUT2D eigenvalue weighted by molar-refractivity contribution is 0.278. The van der Waals surface area contributed by atoms with Gasteiger partial charge in [-0.05, 0) is 37.5 Å². The zero-order chi connectivity index (χ0) is 12.0. The molecule has 1 aromatic carbocycles. The Hall–Kier alpha value is -1.22. The molecule has 1 rings (SSSR count). The molecule has 0 radical (unpaired) electrons. The number of methoxy groups -OCH3 is 1. The maximum absolute atomic E-state index is 5.82. The summed E-state index contributed by atoms with van der Waals surface area (Å²) < 4.78 is 10.9. The third kappa shape index (κ3) is 3.74. The van der Waals surface area contributed by atoms with Gasteiger partial charge in [0.15, 0.2) is 11.5 Å². The zero-order valence-electron chi connectivity index (χ0n) is 10.3. The maximum Gasteiger partial charge on any atom is 0.161 e. The van der Waals surface area contributed by atoms with Crippen molar-refractivity contribution in [1.29, 1.82) is 0 Å². The standard InChI is InChI=1S/C13H21NO2/c1-4-11(14)7-8-16-12-6-5-10(2)9-13(12)15-3/h5-6,9,11H,4,7-8,14H2,1-3H3. The van der Waals surface area contributed by atoms with Gasteiger partial charge >= 0.3 is 0 Å². The van der Waals surface area contributed by atoms with E-state index in [1.165, 1.54) is 0 Å². The summed E-state index contributed by atoms with van der Waals surface area (Å²) in [4.78, 5) is 0. The lowest BCUT2D eigenvalue weighted by Gasteiger charge is -2.13. The minimum absolute atomic E-state index is 0.219. The molecule has 0 saturated carbocycles. The summed E-state index contributed by atoms with van der Waals surface area (Å²) in [6.45, 7) is 4.74. The molecule has 1 unspecified atom stereocenters. The Kier molecular flexibility index (Phi) is 5.12. The minimum atomic E-state index is 0.219. The topological polar surface area (TPSA) is 44.5 Å². The van der Waals surface area contributed by atoms with Crippen molar-refractivity contribution in [1.82, 2.24) is 0 Å². The second-order valence-corrected chi connectivity index (χ2v) is 3.96. The third-order valence-corrected chi connectivity index (χ3v) is 2.59. The molecular weight excluding hydrogens is 202 g/mol. The van der Waals surface area contributed by atoms with Crippen LogP contribution in [0.25, 0.3) is 0 Å². The predicted molar refractivity (Wildman–Crippen MR) is 66.1 cm³/mol. The van der Waals surface area contributed by atoms with Crippen molar-refractivity contribution in [2.45, 2.75) is 32.7 Å². The van der Waals surface area contributed by atoms with Gasteiger partial charge in [0.2, 0.25) is 0 Å². The Labute approximate surface area is 97.6 Å². The van der Waals surface area contributed by atoms with Crippen LogP contribution in [0.1, 0.15) is 25.3 Å². The largest absolute Gasteiger partial charge is 0.493 e. The van der Waals surface area contributed by atoms with E-state index in [0.717, 1.165) is 29.9 Å². The fourth-order valence-electron chi connectivity index (χ4n) is 1.42. The van der Waals surface area contributed by atoms with Crippen LogP contribution in [0.4, 0.5) is 0 Å². The van der Waals surface area contributed by atoms with Crippen LogP contribution in [0, 0.1) is 6.92 Å². The normalized spacial score (nSPS) is 12.2. The van der Waals surface area contributed by atoms with Crippen LogP contribution in [0.15, 0.2) is 18.2 Å². The van der Waals surface area contributed by atoms with E-state index in [-0.39, 0.29) is 6.04 Å². The van der Waals surface area contributed by atoms with E-state index in [1.54, 1.807) is 7.11 Å². The SMILES string of the molecule is CCC(N)CCOc1ccc(C)cc1OC. The molecule has 0 fully saturated rings. The second-order valence-electron chi connectivity index (χ2n) is 3.96. The Balaban J connectivity index is 2.53. The van der Waals surface area contributed by atoms with E-state index in [2.05, 4.69) is 6.92 Å². The van der Waals surface area contributed by atoms with E-state index >= 15 is 0 Å². The lowest BCUT2D eigenvalue weighted by Crippen LogP contribution is -2.21. The summed E-state index contributed by atoms with van der Waals surface area (Å²) in [6, 6.07) is 6.13. The fraction of sp³-hybridized carbons (Fsp3) is 0.538. The molecule has 0 saturated heterocycles. The molecule has 0 aromatic heterocycles. The van der Waals surface area contributed by atoms with Gasteiger partial charge in [-0.3, -0.25) is 0 Å². The number of ether oxygens (including phenoxy) is 2. The van der Waals surface area contributed by atoms with Gasteiger partial charge in [-0.15, -0.1) is 0 Å². The van der Waals surface area contributed by atoms with Gasteiger partial charge in [0, 0.05) is 6.04 Å². The summed E-state index contributed by atoms with van der Waals surface area (Å²) in [5.41, 5.74) is 6.98. The third-order valence-electron chi connectivity index (χ3n) is 2.59. The molecule has 0 aliphatic rings.